The topological polar surface area (TPSA) is 89.4 Å². The van der Waals surface area contributed by atoms with Crippen LogP contribution in [0.4, 0.5) is 0 Å². The van der Waals surface area contributed by atoms with Crippen molar-refractivity contribution >= 4 is 7.32 Å². The van der Waals surface area contributed by atoms with Crippen molar-refractivity contribution in [2.45, 2.75) is 0 Å². The van der Waals surface area contributed by atoms with Gasteiger partial charge in [-0.1, -0.05) is 0 Å². The first-order valence-corrected chi connectivity index (χ1v) is 2.13. The van der Waals surface area contributed by atoms with Gasteiger partial charge in [0.2, 0.25) is 0 Å². The van der Waals surface area contributed by atoms with Crippen LogP contribution in [0, 0.1) is 6.20 Å². The summed E-state index contributed by atoms with van der Waals surface area (Å²) in [6.07, 6.45) is 4.26. The molecule has 1 aromatic rings. The third-order valence-corrected chi connectivity index (χ3v) is 0.362. The third-order valence-electron chi connectivity index (χ3n) is 0.362. The summed E-state index contributed by atoms with van der Waals surface area (Å²) < 4.78 is 0. The molecule has 0 bridgehead atoms. The molecule has 0 aromatic carbocycles. The molecule has 7 heteroatoms. The van der Waals surface area contributed by atoms with E-state index in [1.54, 1.807) is 12.3 Å². The van der Waals surface area contributed by atoms with Gasteiger partial charge in [0, 0.05) is 0 Å². The van der Waals surface area contributed by atoms with Crippen molar-refractivity contribution in [3.8, 4) is 0 Å². The normalized spacial score (nSPS) is 6.70. The summed E-state index contributed by atoms with van der Waals surface area (Å²) in [5.41, 5.74) is 0. The maximum atomic E-state index is 7.17. The van der Waals surface area contributed by atoms with Crippen molar-refractivity contribution < 1.29 is 66.5 Å². The number of H-pyrrole nitrogens is 1. The van der Waals surface area contributed by atoms with Gasteiger partial charge in [-0.2, -0.15) is 6.07 Å². The van der Waals surface area contributed by atoms with E-state index in [1.807, 2.05) is 0 Å². The molecule has 10 heavy (non-hydrogen) atoms. The zero-order valence-corrected chi connectivity index (χ0v) is 8.64. The number of rotatable bonds is 0. The number of aromatic nitrogens is 2. The number of nitrogens with one attached hydrogen (secondary N) is 1. The summed E-state index contributed by atoms with van der Waals surface area (Å²) in [6.45, 7) is 0. The van der Waals surface area contributed by atoms with E-state index in [4.69, 9.17) is 15.1 Å². The van der Waals surface area contributed by atoms with Gasteiger partial charge in [0.15, 0.2) is 0 Å². The second-order valence-electron chi connectivity index (χ2n) is 1.05. The summed E-state index contributed by atoms with van der Waals surface area (Å²) in [4.78, 5) is 0. The van der Waals surface area contributed by atoms with Gasteiger partial charge < -0.3 is 25.3 Å². The Bertz CT molecular complexity index is 105. The maximum absolute atomic E-state index is 7.17. The molecular formula is C3H6BKN2O3. The van der Waals surface area contributed by atoms with Crippen LogP contribution in [0.3, 0.4) is 0 Å². The van der Waals surface area contributed by atoms with Crippen molar-refractivity contribution in [1.82, 2.24) is 10.2 Å². The molecule has 0 saturated heterocycles. The van der Waals surface area contributed by atoms with Crippen LogP contribution in [-0.4, -0.2) is 32.6 Å². The van der Waals surface area contributed by atoms with E-state index in [9.17, 15) is 0 Å². The number of nitrogens with zero attached hydrogens (tertiary/aromatic N) is 1. The van der Waals surface area contributed by atoms with E-state index < -0.39 is 7.32 Å². The Balaban J connectivity index is 0. The van der Waals surface area contributed by atoms with Gasteiger partial charge in [-0.25, -0.2) is 0 Å². The fourth-order valence-electron chi connectivity index (χ4n) is 0.186. The summed E-state index contributed by atoms with van der Waals surface area (Å²) in [7, 11) is -2.17. The molecule has 4 N–H and O–H groups in total. The molecule has 0 saturated carbocycles. The Kier molecular flexibility index (Phi) is 13.1. The van der Waals surface area contributed by atoms with Gasteiger partial charge >= 0.3 is 58.7 Å². The molecule has 0 aliphatic rings. The molecule has 0 unspecified atom stereocenters. The molecule has 0 atom stereocenters. The van der Waals surface area contributed by atoms with Gasteiger partial charge in [0.1, 0.15) is 0 Å². The van der Waals surface area contributed by atoms with Gasteiger partial charge in [-0.15, -0.1) is 12.4 Å². The molecular weight excluding hydrogens is 162 g/mol. The molecule has 0 spiro atoms. The Morgan fingerprint density at radius 2 is 1.90 bits per heavy atom. The van der Waals surface area contributed by atoms with Crippen molar-refractivity contribution in [2.75, 3.05) is 0 Å². The minimum Gasteiger partial charge on any atom is -0.402 e. The zero-order valence-electron chi connectivity index (χ0n) is 5.52. The molecule has 1 aromatic heterocycles. The van der Waals surface area contributed by atoms with Crippen LogP contribution >= 0.6 is 0 Å². The molecule has 1 heterocycles. The number of aromatic amines is 1. The quantitative estimate of drug-likeness (QED) is 0.231. The van der Waals surface area contributed by atoms with Crippen LogP contribution < -0.4 is 51.4 Å². The SMILES string of the molecule is OB(O)O.[K+].[c-]1cc[nH]n1. The minimum absolute atomic E-state index is 0. The molecule has 50 valence electrons. The first kappa shape index (κ1) is 13.4. The predicted octanol–water partition coefficient (Wildman–Crippen LogP) is -4.84. The number of hydrogen-bond acceptors (Lipinski definition) is 4. The smallest absolute Gasteiger partial charge is 0.402 e. The third kappa shape index (κ3) is 15.9. The molecule has 5 nitrogen and oxygen atoms in total. The van der Waals surface area contributed by atoms with Crippen molar-refractivity contribution in [2.24, 2.45) is 0 Å². The average Bonchev–Trinajstić information content (AvgIpc) is 2.11. The first-order valence-electron chi connectivity index (χ1n) is 2.13. The van der Waals surface area contributed by atoms with E-state index in [0.717, 1.165) is 0 Å². The monoisotopic (exact) mass is 168 g/mol. The summed E-state index contributed by atoms with van der Waals surface area (Å²) in [5, 5.41) is 27.5. The van der Waals surface area contributed by atoms with Gasteiger partial charge in [-0.3, -0.25) is 0 Å². The van der Waals surface area contributed by atoms with Gasteiger partial charge in [-0.05, 0) is 0 Å². The van der Waals surface area contributed by atoms with E-state index >= 15 is 0 Å². The van der Waals surface area contributed by atoms with Crippen LogP contribution in [0.25, 0.3) is 0 Å². The Hall–Kier alpha value is 0.791. The largest absolute Gasteiger partial charge is 1.00 e. The summed E-state index contributed by atoms with van der Waals surface area (Å²) >= 11 is 0. The summed E-state index contributed by atoms with van der Waals surface area (Å²) in [5.74, 6) is 0. The fraction of sp³-hybridized carbons (Fsp3) is 0. The maximum Gasteiger partial charge on any atom is 1.00 e. The predicted molar refractivity (Wildman–Crippen MR) is 29.8 cm³/mol. The van der Waals surface area contributed by atoms with Crippen LogP contribution in [0.2, 0.25) is 0 Å². The Morgan fingerprint density at radius 3 is 2.00 bits per heavy atom. The molecule has 1 rings (SSSR count). The van der Waals surface area contributed by atoms with E-state index in [0.29, 0.717) is 0 Å². The van der Waals surface area contributed by atoms with Crippen LogP contribution in [0.15, 0.2) is 12.3 Å². The van der Waals surface area contributed by atoms with Crippen molar-refractivity contribution in [1.29, 1.82) is 0 Å². The second kappa shape index (κ2) is 9.79. The molecule has 0 radical (unpaired) electrons. The van der Waals surface area contributed by atoms with E-state index in [2.05, 4.69) is 16.4 Å². The first-order chi connectivity index (χ1) is 4.23. The molecule has 0 amide bonds. The van der Waals surface area contributed by atoms with Crippen molar-refractivity contribution in [3.05, 3.63) is 18.5 Å². The van der Waals surface area contributed by atoms with Gasteiger partial charge in [0.25, 0.3) is 0 Å². The molecule has 0 fully saturated rings. The zero-order chi connectivity index (χ0) is 7.11. The standard InChI is InChI=1S/C3H3N2.BH3O3.K/c1-2-4-5-3-1;2-1(3)4;/h1-2H,(H,4,5);2-4H;/q-1;;+1. The van der Waals surface area contributed by atoms with E-state index in [1.165, 1.54) is 0 Å². The fourth-order valence-corrected chi connectivity index (χ4v) is 0.186. The second-order valence-corrected chi connectivity index (χ2v) is 1.05. The van der Waals surface area contributed by atoms with E-state index in [-0.39, 0.29) is 51.4 Å². The Labute approximate surface area is 101 Å². The number of hydrogen-bond donors (Lipinski definition) is 4. The molecule has 0 aliphatic carbocycles. The molecule has 0 aliphatic heterocycles. The van der Waals surface area contributed by atoms with Crippen LogP contribution in [0.1, 0.15) is 0 Å². The van der Waals surface area contributed by atoms with Gasteiger partial charge in [0.05, 0.1) is 0 Å². The summed E-state index contributed by atoms with van der Waals surface area (Å²) in [6, 6.07) is 1.71. The van der Waals surface area contributed by atoms with Crippen LogP contribution in [-0.2, 0) is 0 Å². The van der Waals surface area contributed by atoms with Crippen molar-refractivity contribution in [3.63, 3.8) is 0 Å². The average molecular weight is 168 g/mol. The minimum atomic E-state index is -2.17. The Morgan fingerprint density at radius 1 is 1.40 bits per heavy atom. The van der Waals surface area contributed by atoms with Crippen LogP contribution in [0.5, 0.6) is 0 Å².